The highest BCUT2D eigenvalue weighted by atomic mass is 79.9. The first-order chi connectivity index (χ1) is 19.7. The zero-order chi connectivity index (χ0) is 30.3. The predicted octanol–water partition coefficient (Wildman–Crippen LogP) is 10.7. The lowest BCUT2D eigenvalue weighted by Gasteiger charge is -2.55. The average molecular weight is 693 g/mol. The number of ketones is 2. The molecule has 4 bridgehead atoms. The highest BCUT2D eigenvalue weighted by Crippen LogP contribution is 2.84. The third kappa shape index (κ3) is 3.73. The van der Waals surface area contributed by atoms with Gasteiger partial charge < -0.3 is 0 Å². The number of fused-ring (bicyclic) bond motifs is 4. The number of Topliss-reactive ketones (excluding diaryl/α,β-unsaturated/α-hetero) is 2. The molecule has 2 aromatic rings. The topological polar surface area (TPSA) is 34.1 Å². The van der Waals surface area contributed by atoms with Crippen molar-refractivity contribution in [2.45, 2.75) is 80.1 Å². The van der Waals surface area contributed by atoms with Crippen LogP contribution in [0.15, 0.2) is 69.6 Å². The van der Waals surface area contributed by atoms with Gasteiger partial charge in [-0.1, -0.05) is 134 Å². The van der Waals surface area contributed by atoms with Crippen LogP contribution in [0.2, 0.25) is 0 Å². The van der Waals surface area contributed by atoms with Gasteiger partial charge in [0.2, 0.25) is 0 Å². The van der Waals surface area contributed by atoms with Gasteiger partial charge in [0.15, 0.2) is 0 Å². The van der Waals surface area contributed by atoms with Crippen LogP contribution in [0.5, 0.6) is 0 Å². The van der Waals surface area contributed by atoms with Gasteiger partial charge in [-0.2, -0.15) is 0 Å². The first kappa shape index (κ1) is 30.3. The smallest absolute Gasteiger partial charge is 0.147 e. The molecule has 4 aliphatic rings. The third-order valence-corrected chi connectivity index (χ3v) is 14.4. The van der Waals surface area contributed by atoms with Gasteiger partial charge in [-0.3, -0.25) is 9.59 Å². The molecule has 42 heavy (non-hydrogen) atoms. The third-order valence-electron chi connectivity index (χ3n) is 13.4. The first-order valence-corrected chi connectivity index (χ1v) is 17.2. The van der Waals surface area contributed by atoms with E-state index in [0.29, 0.717) is 24.4 Å². The van der Waals surface area contributed by atoms with E-state index in [2.05, 4.69) is 110 Å². The van der Waals surface area contributed by atoms with Crippen LogP contribution in [0.1, 0.15) is 91.2 Å². The molecule has 4 fully saturated rings. The van der Waals surface area contributed by atoms with Gasteiger partial charge >= 0.3 is 0 Å². The van der Waals surface area contributed by atoms with E-state index in [1.165, 1.54) is 0 Å². The van der Waals surface area contributed by atoms with Crippen molar-refractivity contribution in [2.24, 2.45) is 44.3 Å². The Bertz CT molecular complexity index is 1370. The monoisotopic (exact) mass is 690 g/mol. The van der Waals surface area contributed by atoms with Gasteiger partial charge in [-0.25, -0.2) is 0 Å². The summed E-state index contributed by atoms with van der Waals surface area (Å²) in [6.07, 6.45) is 9.24. The number of halogens is 2. The maximum Gasteiger partial charge on any atom is 0.147 e. The summed E-state index contributed by atoms with van der Waals surface area (Å²) in [6, 6.07) is 20.6. The molecule has 0 N–H and O–H groups in total. The van der Waals surface area contributed by atoms with E-state index in [1.54, 1.807) is 0 Å². The van der Waals surface area contributed by atoms with E-state index in [9.17, 15) is 0 Å². The molecule has 0 aromatic heterocycles. The molecule has 6 rings (SSSR count). The van der Waals surface area contributed by atoms with Gasteiger partial charge in [0.1, 0.15) is 11.6 Å². The Morgan fingerprint density at radius 1 is 0.643 bits per heavy atom. The Labute approximate surface area is 269 Å². The Morgan fingerprint density at radius 3 is 1.26 bits per heavy atom. The summed E-state index contributed by atoms with van der Waals surface area (Å²) in [7, 11) is 0. The predicted molar refractivity (Wildman–Crippen MR) is 180 cm³/mol. The molecule has 222 valence electrons. The largest absolute Gasteiger partial charge is 0.298 e. The number of allylic oxidation sites excluding steroid dienone is 2. The Kier molecular flexibility index (Phi) is 7.10. The van der Waals surface area contributed by atoms with E-state index >= 15 is 9.59 Å². The molecule has 2 aromatic carbocycles. The van der Waals surface area contributed by atoms with Crippen LogP contribution in [0.3, 0.4) is 0 Å². The SMILES string of the molecule is CC1(C)[C@@H]2CC[C@@]1(C)C(=O)[C@@]2(C/C(Br)=C/c1ccccc1)[C@]1(C/C(Br)=C\c2ccccc2)C(=O)[C@@]2(C)CC[C@H]1C2(C)C. The minimum Gasteiger partial charge on any atom is -0.298 e. The number of rotatable bonds is 7. The van der Waals surface area contributed by atoms with E-state index in [-0.39, 0.29) is 22.7 Å². The van der Waals surface area contributed by atoms with Crippen molar-refractivity contribution in [1.29, 1.82) is 0 Å². The maximum atomic E-state index is 15.4. The average Bonchev–Trinajstić information content (AvgIpc) is 3.42. The molecule has 0 amide bonds. The van der Waals surface area contributed by atoms with Crippen molar-refractivity contribution in [3.63, 3.8) is 0 Å². The van der Waals surface area contributed by atoms with Gasteiger partial charge in [0, 0.05) is 10.8 Å². The normalized spacial score (nSPS) is 38.5. The van der Waals surface area contributed by atoms with Gasteiger partial charge in [0.25, 0.3) is 0 Å². The van der Waals surface area contributed by atoms with E-state index in [1.807, 2.05) is 36.4 Å². The maximum absolute atomic E-state index is 15.4. The quantitative estimate of drug-likeness (QED) is 0.290. The molecule has 4 heteroatoms. The van der Waals surface area contributed by atoms with Crippen molar-refractivity contribution in [3.8, 4) is 0 Å². The summed E-state index contributed by atoms with van der Waals surface area (Å²) in [5.41, 5.74) is -0.679. The molecule has 6 atom stereocenters. The van der Waals surface area contributed by atoms with Crippen molar-refractivity contribution >= 4 is 55.6 Å². The summed E-state index contributed by atoms with van der Waals surface area (Å²) in [5, 5.41) is 0. The van der Waals surface area contributed by atoms with Gasteiger partial charge in [-0.05, 0) is 93.4 Å². The molecule has 2 nitrogen and oxygen atoms in total. The Morgan fingerprint density at radius 2 is 0.976 bits per heavy atom. The van der Waals surface area contributed by atoms with Gasteiger partial charge in [0.05, 0.1) is 10.8 Å². The van der Waals surface area contributed by atoms with Crippen LogP contribution >= 0.6 is 31.9 Å². The summed E-state index contributed by atoms with van der Waals surface area (Å²) in [5.74, 6) is 0.905. The Hall–Kier alpha value is -1.78. The second-order valence-corrected chi connectivity index (χ2v) is 17.3. The second kappa shape index (κ2) is 9.86. The van der Waals surface area contributed by atoms with Crippen molar-refractivity contribution in [3.05, 3.63) is 80.8 Å². The number of hydrogen-bond acceptors (Lipinski definition) is 2. The molecule has 0 heterocycles. The fourth-order valence-electron chi connectivity index (χ4n) is 10.7. The van der Waals surface area contributed by atoms with Gasteiger partial charge in [-0.15, -0.1) is 0 Å². The molecule has 4 saturated carbocycles. The number of benzene rings is 2. The lowest BCUT2D eigenvalue weighted by atomic mass is 9.45. The minimum absolute atomic E-state index is 0.124. The molecular weight excluding hydrogens is 648 g/mol. The standard InChI is InChI=1S/C38H44Br2O2/c1-33(2)29-17-19-35(33,5)31(41)37(29,23-27(39)21-25-13-9-7-10-14-25)38(24-28(40)22-26-15-11-8-12-16-26)30-18-20-36(6,32(38)42)34(30,3)4/h7-16,21-22,29-30H,17-20,23-24H2,1-6H3/b27-21-,28-22+/t29-,30-,35-,36+,37-,38-/m0/s1. The van der Waals surface area contributed by atoms with E-state index < -0.39 is 21.7 Å². The van der Waals surface area contributed by atoms with Crippen LogP contribution < -0.4 is 0 Å². The summed E-state index contributed by atoms with van der Waals surface area (Å²) in [4.78, 5) is 30.9. The number of carbonyl (C=O) groups is 2. The highest BCUT2D eigenvalue weighted by molar-refractivity contribution is 9.12. The Balaban J connectivity index is 1.61. The molecule has 0 aliphatic heterocycles. The first-order valence-electron chi connectivity index (χ1n) is 15.6. The van der Waals surface area contributed by atoms with Crippen molar-refractivity contribution < 1.29 is 9.59 Å². The molecular formula is C38H44Br2O2. The lowest BCUT2D eigenvalue weighted by Crippen LogP contribution is -2.60. The van der Waals surface area contributed by atoms with Crippen molar-refractivity contribution in [1.82, 2.24) is 0 Å². The highest BCUT2D eigenvalue weighted by Gasteiger charge is 2.85. The lowest BCUT2D eigenvalue weighted by molar-refractivity contribution is -0.164. The van der Waals surface area contributed by atoms with Crippen LogP contribution in [0.25, 0.3) is 12.2 Å². The second-order valence-electron chi connectivity index (χ2n) is 15.2. The zero-order valence-corrected chi connectivity index (χ0v) is 29.1. The van der Waals surface area contributed by atoms with Crippen LogP contribution in [0, 0.1) is 44.3 Å². The van der Waals surface area contributed by atoms with E-state index in [4.69, 9.17) is 0 Å². The van der Waals surface area contributed by atoms with Crippen LogP contribution in [-0.2, 0) is 9.59 Å². The molecule has 4 aliphatic carbocycles. The number of hydrogen-bond donors (Lipinski definition) is 0. The van der Waals surface area contributed by atoms with Crippen molar-refractivity contribution in [2.75, 3.05) is 0 Å². The summed E-state index contributed by atoms with van der Waals surface area (Å²) >= 11 is 7.98. The molecule has 0 radical (unpaired) electrons. The fraction of sp³-hybridized carbons (Fsp3) is 0.526. The fourth-order valence-corrected chi connectivity index (χ4v) is 12.1. The number of carbonyl (C=O) groups excluding carboxylic acids is 2. The summed E-state index contributed by atoms with van der Waals surface area (Å²) in [6.45, 7) is 13.7. The molecule has 0 spiro atoms. The van der Waals surface area contributed by atoms with Crippen LogP contribution in [-0.4, -0.2) is 11.6 Å². The van der Waals surface area contributed by atoms with Crippen LogP contribution in [0.4, 0.5) is 0 Å². The minimum atomic E-state index is -0.797. The summed E-state index contributed by atoms with van der Waals surface area (Å²) < 4.78 is 2.02. The molecule has 0 unspecified atom stereocenters. The zero-order valence-electron chi connectivity index (χ0n) is 25.9. The molecule has 0 saturated heterocycles. The van der Waals surface area contributed by atoms with E-state index in [0.717, 1.165) is 45.8 Å².